The Hall–Kier alpha value is -1.74. The monoisotopic (exact) mass is 380 g/mol. The van der Waals surface area contributed by atoms with Crippen LogP contribution in [0.5, 0.6) is 0 Å². The van der Waals surface area contributed by atoms with Crippen LogP contribution >= 0.6 is 0 Å². The summed E-state index contributed by atoms with van der Waals surface area (Å²) in [6.07, 6.45) is 1.63. The molecule has 2 aromatic rings. The molecule has 1 aliphatic carbocycles. The van der Waals surface area contributed by atoms with Crippen molar-refractivity contribution < 1.29 is 16.8 Å². The first-order valence-corrected chi connectivity index (χ1v) is 10.8. The lowest BCUT2D eigenvalue weighted by molar-refractivity contribution is 0.466. The minimum Gasteiger partial charge on any atom is -0.208 e. The molecule has 1 aliphatic rings. The van der Waals surface area contributed by atoms with Gasteiger partial charge in [-0.3, -0.25) is 0 Å². The fraction of sp³-hybridized carbons (Fsp3) is 0.294. The maximum absolute atomic E-state index is 12.8. The van der Waals surface area contributed by atoms with E-state index in [9.17, 15) is 16.8 Å². The molecule has 0 amide bonds. The van der Waals surface area contributed by atoms with E-state index in [2.05, 4.69) is 4.72 Å². The molecule has 3 rings (SSSR count). The van der Waals surface area contributed by atoms with Crippen molar-refractivity contribution in [3.63, 3.8) is 0 Å². The number of hydrogen-bond donors (Lipinski definition) is 1. The average molecular weight is 380 g/mol. The molecular formula is C17H20N2O4S2. The van der Waals surface area contributed by atoms with Crippen LogP contribution in [0.4, 0.5) is 0 Å². The average Bonchev–Trinajstić information content (AvgIpc) is 3.39. The molecule has 0 aliphatic heterocycles. The van der Waals surface area contributed by atoms with Crippen molar-refractivity contribution in [2.75, 3.05) is 7.05 Å². The molecule has 0 bridgehead atoms. The van der Waals surface area contributed by atoms with Crippen LogP contribution in [0.3, 0.4) is 0 Å². The highest BCUT2D eigenvalue weighted by Gasteiger charge is 2.29. The van der Waals surface area contributed by atoms with Crippen LogP contribution in [-0.4, -0.2) is 34.2 Å². The number of nitrogens with one attached hydrogen (secondary N) is 1. The molecule has 1 fully saturated rings. The molecule has 0 atom stereocenters. The Morgan fingerprint density at radius 2 is 1.60 bits per heavy atom. The number of nitrogens with zero attached hydrogens (tertiary/aromatic N) is 1. The second-order valence-electron chi connectivity index (χ2n) is 6.12. The van der Waals surface area contributed by atoms with Crippen LogP contribution in [0.15, 0.2) is 64.4 Å². The first-order chi connectivity index (χ1) is 11.8. The molecule has 1 N–H and O–H groups in total. The summed E-state index contributed by atoms with van der Waals surface area (Å²) in [5, 5.41) is 0. The molecule has 1 saturated carbocycles. The Morgan fingerprint density at radius 3 is 2.24 bits per heavy atom. The number of benzene rings is 2. The Bertz CT molecular complexity index is 953. The molecule has 6 nitrogen and oxygen atoms in total. The van der Waals surface area contributed by atoms with E-state index in [-0.39, 0.29) is 22.4 Å². The molecule has 0 aromatic heterocycles. The zero-order valence-electron chi connectivity index (χ0n) is 13.8. The summed E-state index contributed by atoms with van der Waals surface area (Å²) in [6, 6.07) is 14.7. The molecule has 25 heavy (non-hydrogen) atoms. The van der Waals surface area contributed by atoms with Gasteiger partial charge >= 0.3 is 0 Å². The lowest BCUT2D eigenvalue weighted by Gasteiger charge is -2.18. The lowest BCUT2D eigenvalue weighted by Crippen LogP contribution is -2.28. The minimum atomic E-state index is -3.79. The van der Waals surface area contributed by atoms with Crippen molar-refractivity contribution in [2.24, 2.45) is 0 Å². The van der Waals surface area contributed by atoms with E-state index < -0.39 is 20.0 Å². The highest BCUT2D eigenvalue weighted by Crippen LogP contribution is 2.24. The third-order valence-electron chi connectivity index (χ3n) is 3.97. The van der Waals surface area contributed by atoms with Crippen molar-refractivity contribution in [3.8, 4) is 0 Å². The van der Waals surface area contributed by atoms with E-state index in [1.807, 2.05) is 30.3 Å². The molecular weight excluding hydrogens is 360 g/mol. The van der Waals surface area contributed by atoms with E-state index in [0.29, 0.717) is 0 Å². The van der Waals surface area contributed by atoms with Gasteiger partial charge in [0.05, 0.1) is 9.79 Å². The van der Waals surface area contributed by atoms with Gasteiger partial charge in [0.2, 0.25) is 20.0 Å². The summed E-state index contributed by atoms with van der Waals surface area (Å²) in [5.41, 5.74) is 0.854. The molecule has 8 heteroatoms. The van der Waals surface area contributed by atoms with Gasteiger partial charge in [-0.2, -0.15) is 4.31 Å². The molecule has 134 valence electrons. The summed E-state index contributed by atoms with van der Waals surface area (Å²) in [4.78, 5) is -0.0711. The molecule has 0 saturated heterocycles. The summed E-state index contributed by atoms with van der Waals surface area (Å²) in [6.45, 7) is 0.209. The van der Waals surface area contributed by atoms with Crippen LogP contribution in [-0.2, 0) is 26.6 Å². The smallest absolute Gasteiger partial charge is 0.208 e. The van der Waals surface area contributed by atoms with Crippen LogP contribution in [0.25, 0.3) is 0 Å². The zero-order chi connectivity index (χ0) is 18.1. The molecule has 0 heterocycles. The van der Waals surface area contributed by atoms with Gasteiger partial charge < -0.3 is 0 Å². The predicted molar refractivity (Wildman–Crippen MR) is 94.9 cm³/mol. The van der Waals surface area contributed by atoms with E-state index >= 15 is 0 Å². The maximum atomic E-state index is 12.8. The van der Waals surface area contributed by atoms with Crippen molar-refractivity contribution in [3.05, 3.63) is 60.2 Å². The fourth-order valence-corrected chi connectivity index (χ4v) is 5.03. The largest absolute Gasteiger partial charge is 0.243 e. The molecule has 0 unspecified atom stereocenters. The van der Waals surface area contributed by atoms with E-state index in [0.717, 1.165) is 18.4 Å². The minimum absolute atomic E-state index is 0.0337. The van der Waals surface area contributed by atoms with Gasteiger partial charge in [0.25, 0.3) is 0 Å². The van der Waals surface area contributed by atoms with Crippen molar-refractivity contribution >= 4 is 20.0 Å². The Morgan fingerprint density at radius 1 is 0.960 bits per heavy atom. The van der Waals surface area contributed by atoms with Gasteiger partial charge in [-0.05, 0) is 36.6 Å². The quantitative estimate of drug-likeness (QED) is 0.796. The first kappa shape index (κ1) is 18.1. The summed E-state index contributed by atoms with van der Waals surface area (Å²) in [5.74, 6) is 0. The molecule has 0 spiro atoms. The second-order valence-corrected chi connectivity index (χ2v) is 9.88. The fourth-order valence-electron chi connectivity index (χ4n) is 2.40. The van der Waals surface area contributed by atoms with E-state index in [1.54, 1.807) is 0 Å². The normalized spacial score (nSPS) is 15.4. The zero-order valence-corrected chi connectivity index (χ0v) is 15.4. The van der Waals surface area contributed by atoms with Gasteiger partial charge in [0.15, 0.2) is 0 Å². The van der Waals surface area contributed by atoms with Crippen LogP contribution in [0.1, 0.15) is 18.4 Å². The van der Waals surface area contributed by atoms with Gasteiger partial charge in [0.1, 0.15) is 0 Å². The highest BCUT2D eigenvalue weighted by molar-refractivity contribution is 7.90. The number of rotatable bonds is 7. The van der Waals surface area contributed by atoms with Crippen molar-refractivity contribution in [2.45, 2.75) is 35.2 Å². The summed E-state index contributed by atoms with van der Waals surface area (Å²) in [7, 11) is -6.01. The molecule has 0 radical (unpaired) electrons. The Kier molecular flexibility index (Phi) is 4.97. The summed E-state index contributed by atoms with van der Waals surface area (Å²) >= 11 is 0. The maximum Gasteiger partial charge on any atom is 0.243 e. The third kappa shape index (κ3) is 4.27. The van der Waals surface area contributed by atoms with Crippen molar-refractivity contribution in [1.82, 2.24) is 9.03 Å². The standard InChI is InChI=1S/C17H20N2O4S2/c1-19(13-14-6-3-2-4-7-14)25(22,23)17-9-5-8-16(12-17)24(20,21)18-15-10-11-15/h2-9,12,15,18H,10-11,13H2,1H3. The first-order valence-electron chi connectivity index (χ1n) is 7.92. The van der Waals surface area contributed by atoms with Gasteiger partial charge in [-0.1, -0.05) is 36.4 Å². The van der Waals surface area contributed by atoms with Crippen LogP contribution in [0, 0.1) is 0 Å². The van der Waals surface area contributed by atoms with Crippen LogP contribution in [0.2, 0.25) is 0 Å². The van der Waals surface area contributed by atoms with Crippen LogP contribution < -0.4 is 4.72 Å². The number of sulfonamides is 2. The van der Waals surface area contributed by atoms with E-state index in [1.165, 1.54) is 35.6 Å². The van der Waals surface area contributed by atoms with Gasteiger partial charge in [0, 0.05) is 19.6 Å². The summed E-state index contributed by atoms with van der Waals surface area (Å²) < 4.78 is 53.9. The predicted octanol–water partition coefficient (Wildman–Crippen LogP) is 1.95. The lowest BCUT2D eigenvalue weighted by atomic mass is 10.2. The Labute approximate surface area is 148 Å². The van der Waals surface area contributed by atoms with E-state index in [4.69, 9.17) is 0 Å². The SMILES string of the molecule is CN(Cc1ccccc1)S(=O)(=O)c1cccc(S(=O)(=O)NC2CC2)c1. The Balaban J connectivity index is 1.85. The topological polar surface area (TPSA) is 83.6 Å². The van der Waals surface area contributed by atoms with Gasteiger partial charge in [-0.25, -0.2) is 21.6 Å². The molecule has 2 aromatic carbocycles. The third-order valence-corrected chi connectivity index (χ3v) is 7.29. The highest BCUT2D eigenvalue weighted by atomic mass is 32.2. The van der Waals surface area contributed by atoms with Gasteiger partial charge in [-0.15, -0.1) is 0 Å². The second kappa shape index (κ2) is 6.87. The number of hydrogen-bond acceptors (Lipinski definition) is 4. The van der Waals surface area contributed by atoms with Crippen molar-refractivity contribution in [1.29, 1.82) is 0 Å².